The normalized spacial score (nSPS) is 23.4. The third-order valence-electron chi connectivity index (χ3n) is 4.21. The van der Waals surface area contributed by atoms with Crippen LogP contribution in [0, 0.1) is 5.92 Å². The summed E-state index contributed by atoms with van der Waals surface area (Å²) < 4.78 is 5.91. The molecule has 0 spiro atoms. The molecular weight excluding hydrogens is 318 g/mol. The van der Waals surface area contributed by atoms with Crippen LogP contribution in [0.15, 0.2) is 28.5 Å². The van der Waals surface area contributed by atoms with E-state index < -0.39 is 8.07 Å². The average molecular weight is 352 g/mol. The smallest absolute Gasteiger partial charge is 0.127 e. The molecule has 6 heteroatoms. The Hall–Kier alpha value is -1.11. The van der Waals surface area contributed by atoms with Crippen molar-refractivity contribution in [3.63, 3.8) is 0 Å². The topological polar surface area (TPSA) is 57.1 Å². The summed E-state index contributed by atoms with van der Waals surface area (Å²) in [5.74, 6) is 2.06. The van der Waals surface area contributed by atoms with Crippen LogP contribution in [0.4, 0.5) is 0 Å². The first-order valence-electron chi connectivity index (χ1n) is 8.96. The number of aliphatic imine (C=N–C) groups is 1. The number of ether oxygens (including phenoxy) is 1. The largest absolute Gasteiger partial charge is 0.513 e. The van der Waals surface area contributed by atoms with E-state index in [0.29, 0.717) is 18.4 Å². The molecule has 2 rings (SSSR count). The second-order valence-electron chi connectivity index (χ2n) is 8.22. The van der Waals surface area contributed by atoms with Gasteiger partial charge in [0.25, 0.3) is 0 Å². The lowest BCUT2D eigenvalue weighted by Crippen LogP contribution is -2.43. The van der Waals surface area contributed by atoms with Gasteiger partial charge in [-0.2, -0.15) is 5.01 Å². The second-order valence-corrected chi connectivity index (χ2v) is 13.8. The van der Waals surface area contributed by atoms with Crippen LogP contribution >= 0.6 is 0 Å². The Morgan fingerprint density at radius 2 is 2.04 bits per heavy atom. The Morgan fingerprint density at radius 1 is 1.33 bits per heavy atom. The standard InChI is InChI=1S/C18H33N3O2Si/c1-14(6-7-15(2)22)12-17-19-18(16-8-9-16)20-21(17)13-23-10-11-24(3,4)5/h6-7,16-17,22H,8-13H2,1-5H3,(H,19,20)/b14-6+,15-7+. The minimum Gasteiger partial charge on any atom is -0.513 e. The summed E-state index contributed by atoms with van der Waals surface area (Å²) in [4.78, 5) is 4.86. The highest BCUT2D eigenvalue weighted by Crippen LogP contribution is 2.32. The van der Waals surface area contributed by atoms with Gasteiger partial charge in [-0.15, -0.1) is 0 Å². The van der Waals surface area contributed by atoms with E-state index in [2.05, 4.69) is 37.0 Å². The maximum absolute atomic E-state index is 9.30. The third kappa shape index (κ3) is 6.79. The number of allylic oxidation sites excluding steroid dienone is 3. The number of nitrogens with zero attached hydrogens (tertiary/aromatic N) is 2. The number of amidine groups is 1. The third-order valence-corrected chi connectivity index (χ3v) is 5.91. The van der Waals surface area contributed by atoms with Gasteiger partial charge in [0.1, 0.15) is 18.7 Å². The predicted octanol–water partition coefficient (Wildman–Crippen LogP) is 4.05. The van der Waals surface area contributed by atoms with Crippen molar-refractivity contribution >= 4 is 13.9 Å². The fraction of sp³-hybridized carbons (Fsp3) is 0.722. The van der Waals surface area contributed by atoms with Crippen LogP contribution in [0.1, 0.15) is 33.1 Å². The zero-order valence-electron chi connectivity index (χ0n) is 15.8. The SMILES string of the molecule is C/C(O)=C\C=C(/C)CC1N=C(C2CC2)NN1COCC[Si](C)(C)C. The maximum Gasteiger partial charge on any atom is 0.127 e. The molecule has 0 amide bonds. The van der Waals surface area contributed by atoms with E-state index in [0.717, 1.165) is 18.9 Å². The molecule has 0 saturated heterocycles. The zero-order chi connectivity index (χ0) is 17.7. The highest BCUT2D eigenvalue weighted by atomic mass is 28.3. The Labute approximate surface area is 147 Å². The maximum atomic E-state index is 9.30. The van der Waals surface area contributed by atoms with Gasteiger partial charge in [0.05, 0.1) is 5.76 Å². The van der Waals surface area contributed by atoms with Crippen molar-refractivity contribution in [3.05, 3.63) is 23.5 Å². The van der Waals surface area contributed by atoms with Crippen molar-refractivity contribution < 1.29 is 9.84 Å². The molecule has 0 aromatic heterocycles. The summed E-state index contributed by atoms with van der Waals surface area (Å²) in [6.45, 7) is 12.3. The molecule has 1 unspecified atom stereocenters. The van der Waals surface area contributed by atoms with Crippen LogP contribution in [-0.4, -0.2) is 43.5 Å². The number of aliphatic hydroxyl groups excluding tert-OH is 1. The van der Waals surface area contributed by atoms with E-state index in [1.807, 2.05) is 6.08 Å². The Morgan fingerprint density at radius 3 is 2.62 bits per heavy atom. The molecule has 2 N–H and O–H groups in total. The first-order chi connectivity index (χ1) is 11.2. The molecule has 1 saturated carbocycles. The fourth-order valence-electron chi connectivity index (χ4n) is 2.47. The number of hydrazine groups is 1. The van der Waals surface area contributed by atoms with E-state index in [1.54, 1.807) is 13.0 Å². The minimum absolute atomic E-state index is 0.0798. The Balaban J connectivity index is 1.88. The lowest BCUT2D eigenvalue weighted by molar-refractivity contribution is 0.00266. The Kier molecular flexibility index (Phi) is 6.66. The van der Waals surface area contributed by atoms with Crippen LogP contribution in [0.25, 0.3) is 0 Å². The van der Waals surface area contributed by atoms with Gasteiger partial charge < -0.3 is 15.3 Å². The predicted molar refractivity (Wildman–Crippen MR) is 103 cm³/mol. The minimum atomic E-state index is -1.05. The lowest BCUT2D eigenvalue weighted by atomic mass is 10.1. The van der Waals surface area contributed by atoms with Gasteiger partial charge in [0, 0.05) is 27.0 Å². The number of hydrogen-bond donors (Lipinski definition) is 2. The number of rotatable bonds is 9. The molecule has 136 valence electrons. The van der Waals surface area contributed by atoms with Gasteiger partial charge >= 0.3 is 0 Å². The first kappa shape index (κ1) is 19.2. The van der Waals surface area contributed by atoms with Crippen LogP contribution in [0.2, 0.25) is 25.7 Å². The van der Waals surface area contributed by atoms with Crippen molar-refractivity contribution in [2.45, 2.75) is 65.0 Å². The van der Waals surface area contributed by atoms with Crippen LogP contribution < -0.4 is 5.43 Å². The van der Waals surface area contributed by atoms with E-state index in [1.165, 1.54) is 24.5 Å². The summed E-state index contributed by atoms with van der Waals surface area (Å²) >= 11 is 0. The molecule has 1 heterocycles. The van der Waals surface area contributed by atoms with Gasteiger partial charge in [-0.3, -0.25) is 0 Å². The highest BCUT2D eigenvalue weighted by Gasteiger charge is 2.35. The number of hydrogen-bond acceptors (Lipinski definition) is 5. The molecule has 2 aliphatic rings. The first-order valence-corrected chi connectivity index (χ1v) is 12.7. The molecule has 0 bridgehead atoms. The van der Waals surface area contributed by atoms with Gasteiger partial charge in [0.2, 0.25) is 0 Å². The van der Waals surface area contributed by atoms with Crippen LogP contribution in [0.5, 0.6) is 0 Å². The molecule has 0 aromatic carbocycles. The van der Waals surface area contributed by atoms with E-state index >= 15 is 0 Å². The second kappa shape index (κ2) is 8.32. The number of nitrogens with one attached hydrogen (secondary N) is 1. The Bertz CT molecular complexity index is 515. The van der Waals surface area contributed by atoms with Gasteiger partial charge in [-0.1, -0.05) is 31.3 Å². The fourth-order valence-corrected chi connectivity index (χ4v) is 3.23. The summed E-state index contributed by atoms with van der Waals surface area (Å²) in [5, 5.41) is 11.4. The van der Waals surface area contributed by atoms with Crippen molar-refractivity contribution in [2.24, 2.45) is 10.9 Å². The average Bonchev–Trinajstić information content (AvgIpc) is 3.24. The van der Waals surface area contributed by atoms with Crippen molar-refractivity contribution in [3.8, 4) is 0 Å². The van der Waals surface area contributed by atoms with Crippen molar-refractivity contribution in [1.29, 1.82) is 0 Å². The molecule has 1 aliphatic heterocycles. The van der Waals surface area contributed by atoms with Gasteiger partial charge in [0.15, 0.2) is 0 Å². The molecule has 0 aromatic rings. The van der Waals surface area contributed by atoms with E-state index in [4.69, 9.17) is 9.73 Å². The summed E-state index contributed by atoms with van der Waals surface area (Å²) in [6, 6.07) is 1.18. The van der Waals surface area contributed by atoms with Gasteiger partial charge in [-0.05, 0) is 38.8 Å². The monoisotopic (exact) mass is 351 g/mol. The zero-order valence-corrected chi connectivity index (χ0v) is 16.8. The highest BCUT2D eigenvalue weighted by molar-refractivity contribution is 6.76. The van der Waals surface area contributed by atoms with Gasteiger partial charge in [-0.25, -0.2) is 4.99 Å². The summed E-state index contributed by atoms with van der Waals surface area (Å²) in [6.07, 6.45) is 7.09. The lowest BCUT2D eigenvalue weighted by Gasteiger charge is -2.24. The summed E-state index contributed by atoms with van der Waals surface area (Å²) in [5.41, 5.74) is 4.65. The summed E-state index contributed by atoms with van der Waals surface area (Å²) in [7, 11) is -1.05. The molecule has 1 atom stereocenters. The molecule has 1 aliphatic carbocycles. The molecule has 0 radical (unpaired) electrons. The quantitative estimate of drug-likeness (QED) is 0.285. The van der Waals surface area contributed by atoms with E-state index in [-0.39, 0.29) is 6.17 Å². The molecular formula is C18H33N3O2Si. The molecule has 24 heavy (non-hydrogen) atoms. The molecule has 1 fully saturated rings. The van der Waals surface area contributed by atoms with Crippen LogP contribution in [0.3, 0.4) is 0 Å². The van der Waals surface area contributed by atoms with Crippen LogP contribution in [-0.2, 0) is 4.74 Å². The number of aliphatic hydroxyl groups is 1. The molecule has 5 nitrogen and oxygen atoms in total. The van der Waals surface area contributed by atoms with Crippen molar-refractivity contribution in [2.75, 3.05) is 13.3 Å². The van der Waals surface area contributed by atoms with Crippen molar-refractivity contribution in [1.82, 2.24) is 10.4 Å². The van der Waals surface area contributed by atoms with E-state index in [9.17, 15) is 5.11 Å².